The van der Waals surface area contributed by atoms with E-state index in [1.54, 1.807) is 0 Å². The molecule has 0 aliphatic heterocycles. The van der Waals surface area contributed by atoms with Crippen molar-refractivity contribution in [3.05, 3.63) is 0 Å². The third-order valence-electron chi connectivity index (χ3n) is 4.32. The van der Waals surface area contributed by atoms with Crippen LogP contribution in [0.2, 0.25) is 0 Å². The van der Waals surface area contributed by atoms with Crippen LogP contribution in [0.1, 0.15) is 27.7 Å². The zero-order chi connectivity index (χ0) is 15.0. The van der Waals surface area contributed by atoms with Crippen LogP contribution in [0.5, 0.6) is 0 Å². The van der Waals surface area contributed by atoms with Gasteiger partial charge < -0.3 is 0 Å². The van der Waals surface area contributed by atoms with Gasteiger partial charge in [-0.1, -0.05) is 27.7 Å². The van der Waals surface area contributed by atoms with Gasteiger partial charge in [-0.25, -0.2) is 0 Å². The van der Waals surface area contributed by atoms with Crippen molar-refractivity contribution < 1.29 is 35.1 Å². The summed E-state index contributed by atoms with van der Waals surface area (Å²) in [5.74, 6) is -22.8. The molecule has 1 aliphatic carbocycles. The fourth-order valence-corrected chi connectivity index (χ4v) is 1.96. The van der Waals surface area contributed by atoms with Gasteiger partial charge in [0, 0.05) is 10.8 Å². The Labute approximate surface area is 98.3 Å². The number of alkyl halides is 8. The molecule has 0 aromatic rings. The maximum atomic E-state index is 13.5. The van der Waals surface area contributed by atoms with E-state index in [1.165, 1.54) is 0 Å². The zero-order valence-electron chi connectivity index (χ0n) is 10.0. The molecule has 1 aliphatic rings. The summed E-state index contributed by atoms with van der Waals surface area (Å²) in [6, 6.07) is 0. The van der Waals surface area contributed by atoms with Crippen LogP contribution in [0.4, 0.5) is 35.1 Å². The lowest BCUT2D eigenvalue weighted by Crippen LogP contribution is -2.78. The largest absolute Gasteiger partial charge is 0.378 e. The predicted octanol–water partition coefficient (Wildman–Crippen LogP) is 4.59. The fraction of sp³-hybridized carbons (Fsp3) is 1.00. The summed E-state index contributed by atoms with van der Waals surface area (Å²) >= 11 is 0. The Morgan fingerprint density at radius 3 is 0.722 bits per heavy atom. The molecule has 1 saturated carbocycles. The average molecular weight is 284 g/mol. The molecule has 18 heavy (non-hydrogen) atoms. The predicted molar refractivity (Wildman–Crippen MR) is 47.4 cm³/mol. The third kappa shape index (κ3) is 1.13. The lowest BCUT2D eigenvalue weighted by Gasteiger charge is -2.58. The van der Waals surface area contributed by atoms with Crippen molar-refractivity contribution in [2.45, 2.75) is 51.4 Å². The molecular formula is C10H12F8. The van der Waals surface area contributed by atoms with Crippen molar-refractivity contribution in [1.82, 2.24) is 0 Å². The van der Waals surface area contributed by atoms with Crippen LogP contribution in [-0.2, 0) is 0 Å². The van der Waals surface area contributed by atoms with Crippen molar-refractivity contribution in [2.24, 2.45) is 10.8 Å². The van der Waals surface area contributed by atoms with Crippen molar-refractivity contribution in [3.63, 3.8) is 0 Å². The number of hydrogen-bond acceptors (Lipinski definition) is 0. The van der Waals surface area contributed by atoms with Gasteiger partial charge in [0.05, 0.1) is 0 Å². The second kappa shape index (κ2) is 3.12. The molecule has 0 heterocycles. The highest BCUT2D eigenvalue weighted by atomic mass is 19.4. The lowest BCUT2D eigenvalue weighted by molar-refractivity contribution is -0.458. The first-order valence-corrected chi connectivity index (χ1v) is 5.01. The smallest absolute Gasteiger partial charge is 0.199 e. The first-order chi connectivity index (χ1) is 7.50. The van der Waals surface area contributed by atoms with Crippen LogP contribution in [-0.4, -0.2) is 23.7 Å². The Morgan fingerprint density at radius 1 is 0.389 bits per heavy atom. The maximum Gasteiger partial charge on any atom is 0.378 e. The van der Waals surface area contributed by atoms with E-state index in [1.807, 2.05) is 0 Å². The van der Waals surface area contributed by atoms with E-state index >= 15 is 0 Å². The first kappa shape index (κ1) is 15.5. The van der Waals surface area contributed by atoms with Gasteiger partial charge in [0.25, 0.3) is 0 Å². The number of rotatable bonds is 0. The second-order valence-corrected chi connectivity index (χ2v) is 5.55. The molecule has 108 valence electrons. The summed E-state index contributed by atoms with van der Waals surface area (Å²) in [6.07, 6.45) is 0. The number of halogens is 8. The zero-order valence-corrected chi connectivity index (χ0v) is 10.0. The molecule has 0 radical (unpaired) electrons. The topological polar surface area (TPSA) is 0 Å². The van der Waals surface area contributed by atoms with Gasteiger partial charge in [0.15, 0.2) is 0 Å². The molecule has 0 aromatic heterocycles. The van der Waals surface area contributed by atoms with Crippen LogP contribution in [0.3, 0.4) is 0 Å². The van der Waals surface area contributed by atoms with Crippen LogP contribution >= 0.6 is 0 Å². The highest BCUT2D eigenvalue weighted by molar-refractivity contribution is 5.21. The molecule has 0 N–H and O–H groups in total. The Balaban J connectivity index is 3.72. The van der Waals surface area contributed by atoms with Crippen LogP contribution in [0.15, 0.2) is 0 Å². The van der Waals surface area contributed by atoms with E-state index in [0.29, 0.717) is 27.7 Å². The highest BCUT2D eigenvalue weighted by Crippen LogP contribution is 2.72. The molecule has 0 spiro atoms. The summed E-state index contributed by atoms with van der Waals surface area (Å²) in [6.45, 7) is 1.74. The molecule has 0 nitrogen and oxygen atoms in total. The van der Waals surface area contributed by atoms with Gasteiger partial charge in [-0.2, -0.15) is 35.1 Å². The van der Waals surface area contributed by atoms with Gasteiger partial charge in [-0.05, 0) is 0 Å². The van der Waals surface area contributed by atoms with Gasteiger partial charge in [0.1, 0.15) is 0 Å². The highest BCUT2D eigenvalue weighted by Gasteiger charge is 2.93. The monoisotopic (exact) mass is 284 g/mol. The Bertz CT molecular complexity index is 249. The van der Waals surface area contributed by atoms with Crippen LogP contribution in [0.25, 0.3) is 0 Å². The minimum Gasteiger partial charge on any atom is -0.199 e. The molecule has 1 fully saturated rings. The quantitative estimate of drug-likeness (QED) is 0.570. The standard InChI is InChI=1S/C10H12F8/c1-5(2)6(3,4)8(13,14)10(17,18)9(15,16)7(5,11)12/h1-4H3. The maximum absolute atomic E-state index is 13.5. The SMILES string of the molecule is CC1(C)C(C)(C)C(F)(F)C(F)(F)C(F)(F)C1(F)F. The summed E-state index contributed by atoms with van der Waals surface area (Å²) in [5, 5.41) is 0. The van der Waals surface area contributed by atoms with E-state index in [0.717, 1.165) is 0 Å². The number of hydrogen-bond donors (Lipinski definition) is 0. The van der Waals surface area contributed by atoms with Crippen LogP contribution in [0, 0.1) is 10.8 Å². The lowest BCUT2D eigenvalue weighted by atomic mass is 9.53. The summed E-state index contributed by atoms with van der Waals surface area (Å²) in [7, 11) is 0. The molecular weight excluding hydrogens is 272 g/mol. The molecule has 0 saturated heterocycles. The average Bonchev–Trinajstić information content (AvgIpc) is 2.14. The Morgan fingerprint density at radius 2 is 0.556 bits per heavy atom. The molecule has 0 bridgehead atoms. The molecule has 0 aromatic carbocycles. The van der Waals surface area contributed by atoms with Crippen LogP contribution < -0.4 is 0 Å². The Hall–Kier alpha value is -0.560. The summed E-state index contributed by atoms with van der Waals surface area (Å²) < 4.78 is 107. The van der Waals surface area contributed by atoms with E-state index in [-0.39, 0.29) is 0 Å². The van der Waals surface area contributed by atoms with Gasteiger partial charge in [-0.3, -0.25) is 0 Å². The first-order valence-electron chi connectivity index (χ1n) is 5.01. The fourth-order valence-electron chi connectivity index (χ4n) is 1.96. The minimum absolute atomic E-state index is 0.435. The van der Waals surface area contributed by atoms with Gasteiger partial charge in [0.2, 0.25) is 0 Å². The molecule has 0 amide bonds. The molecule has 8 heteroatoms. The van der Waals surface area contributed by atoms with E-state index < -0.39 is 34.5 Å². The van der Waals surface area contributed by atoms with E-state index in [4.69, 9.17) is 0 Å². The van der Waals surface area contributed by atoms with Crippen molar-refractivity contribution in [2.75, 3.05) is 0 Å². The summed E-state index contributed by atoms with van der Waals surface area (Å²) in [5.41, 5.74) is -6.04. The van der Waals surface area contributed by atoms with Crippen molar-refractivity contribution >= 4 is 0 Å². The summed E-state index contributed by atoms with van der Waals surface area (Å²) in [4.78, 5) is 0. The molecule has 1 rings (SSSR count). The Kier molecular flexibility index (Phi) is 2.69. The van der Waals surface area contributed by atoms with Gasteiger partial charge in [-0.15, -0.1) is 0 Å². The van der Waals surface area contributed by atoms with Gasteiger partial charge >= 0.3 is 23.7 Å². The second-order valence-electron chi connectivity index (χ2n) is 5.55. The van der Waals surface area contributed by atoms with E-state index in [2.05, 4.69) is 0 Å². The minimum atomic E-state index is -6.12. The van der Waals surface area contributed by atoms with Crippen molar-refractivity contribution in [3.8, 4) is 0 Å². The third-order valence-corrected chi connectivity index (χ3v) is 4.32. The normalized spacial score (nSPS) is 34.0. The molecule has 0 atom stereocenters. The van der Waals surface area contributed by atoms with Crippen molar-refractivity contribution in [1.29, 1.82) is 0 Å². The van der Waals surface area contributed by atoms with E-state index in [9.17, 15) is 35.1 Å². The molecule has 0 unspecified atom stereocenters.